The van der Waals surface area contributed by atoms with Crippen molar-refractivity contribution < 1.29 is 23.8 Å². The van der Waals surface area contributed by atoms with Crippen molar-refractivity contribution in [3.63, 3.8) is 0 Å². The molecule has 0 unspecified atom stereocenters. The summed E-state index contributed by atoms with van der Waals surface area (Å²) in [6.07, 6.45) is 1.25. The van der Waals surface area contributed by atoms with Crippen molar-refractivity contribution in [2.24, 2.45) is 5.73 Å². The number of nitrogens with zero attached hydrogens (tertiary/aromatic N) is 6. The second-order valence-electron chi connectivity index (χ2n) is 12.3. The highest BCUT2D eigenvalue weighted by Gasteiger charge is 2.50. The molecule has 14 nitrogen and oxygen atoms in total. The number of fused-ring (bicyclic) bond motifs is 1. The SMILES string of the molecule is CCc1nnc([C@H]2O[C@@H](n3cnc4c(NCC(c5ccccc5)c5ccccc5)nc(NC5CCC(N)CC5)nc43)[C@H](O)[C@@H]2OC=O)o1. The zero-order valence-electron chi connectivity index (χ0n) is 26.6. The van der Waals surface area contributed by atoms with E-state index in [0.29, 0.717) is 41.8 Å². The van der Waals surface area contributed by atoms with E-state index in [0.717, 1.165) is 36.8 Å². The van der Waals surface area contributed by atoms with Gasteiger partial charge in [0.25, 0.3) is 6.47 Å². The number of hydrogen-bond acceptors (Lipinski definition) is 13. The summed E-state index contributed by atoms with van der Waals surface area (Å²) in [5.74, 6) is 1.47. The predicted octanol–water partition coefficient (Wildman–Crippen LogP) is 3.87. The minimum absolute atomic E-state index is 0.0279. The van der Waals surface area contributed by atoms with Gasteiger partial charge in [0.1, 0.15) is 6.10 Å². The summed E-state index contributed by atoms with van der Waals surface area (Å²) in [4.78, 5) is 25.9. The van der Waals surface area contributed by atoms with Crippen LogP contribution in [0.3, 0.4) is 0 Å². The molecule has 0 amide bonds. The molecule has 4 heterocycles. The van der Waals surface area contributed by atoms with Gasteiger partial charge < -0.3 is 35.4 Å². The van der Waals surface area contributed by atoms with Gasteiger partial charge in [-0.25, -0.2) is 4.98 Å². The Labute approximate surface area is 277 Å². The highest BCUT2D eigenvalue weighted by Crippen LogP contribution is 2.41. The number of aromatic nitrogens is 6. The Hall–Kier alpha value is -4.92. The van der Waals surface area contributed by atoms with Crippen LogP contribution in [0.2, 0.25) is 0 Å². The number of nitrogens with two attached hydrogens (primary N) is 1. The fraction of sp³-hybridized carbons (Fsp3) is 0.412. The van der Waals surface area contributed by atoms with Crippen LogP contribution in [0, 0.1) is 0 Å². The van der Waals surface area contributed by atoms with Crippen LogP contribution in [-0.2, 0) is 20.7 Å². The first-order valence-corrected chi connectivity index (χ1v) is 16.4. The van der Waals surface area contributed by atoms with E-state index >= 15 is 0 Å². The third kappa shape index (κ3) is 6.46. The molecule has 2 aromatic carbocycles. The molecule has 0 bridgehead atoms. The van der Waals surface area contributed by atoms with Gasteiger partial charge in [-0.2, -0.15) is 9.97 Å². The number of nitrogens with one attached hydrogen (secondary N) is 2. The maximum atomic E-state index is 11.5. The molecular formula is C34H39N9O5. The lowest BCUT2D eigenvalue weighted by molar-refractivity contribution is -0.140. The van der Waals surface area contributed by atoms with Crippen LogP contribution in [0.4, 0.5) is 11.8 Å². The van der Waals surface area contributed by atoms with Gasteiger partial charge in [-0.05, 0) is 36.8 Å². The van der Waals surface area contributed by atoms with E-state index in [4.69, 9.17) is 29.6 Å². The molecule has 5 N–H and O–H groups in total. The van der Waals surface area contributed by atoms with Gasteiger partial charge in [-0.3, -0.25) is 9.36 Å². The Balaban J connectivity index is 1.24. The summed E-state index contributed by atoms with van der Waals surface area (Å²) in [6, 6.07) is 21.0. The Morgan fingerprint density at radius 3 is 2.40 bits per heavy atom. The Morgan fingerprint density at radius 2 is 1.75 bits per heavy atom. The standard InChI is InChI=1S/C34H39N9O5/c1-2-25-41-42-32(47-25)29-28(46-19-44)27(45)33(48-29)43-18-37-26-30(39-34(40-31(26)43)38-23-15-13-22(35)14-16-23)36-17-24(20-9-5-3-6-10-20)21-11-7-4-8-12-21/h3-12,18-19,22-24,27-29,33,45H,2,13-17,35H2,1H3,(H2,36,38,39,40)/t22?,23?,27-,28+,29+,33-/m1/s1. The van der Waals surface area contributed by atoms with Crippen molar-refractivity contribution in [2.45, 2.75) is 81.6 Å². The number of aliphatic hydroxyl groups is 1. The second kappa shape index (κ2) is 14.1. The molecule has 5 aromatic rings. The highest BCUT2D eigenvalue weighted by molar-refractivity contribution is 5.84. The quantitative estimate of drug-likeness (QED) is 0.142. The normalized spacial score (nSPS) is 24.2. The monoisotopic (exact) mass is 653 g/mol. The van der Waals surface area contributed by atoms with E-state index in [1.165, 1.54) is 0 Å². The molecule has 4 atom stereocenters. The average molecular weight is 654 g/mol. The van der Waals surface area contributed by atoms with E-state index in [2.05, 4.69) is 50.1 Å². The molecule has 7 rings (SSSR count). The van der Waals surface area contributed by atoms with Crippen LogP contribution in [0.1, 0.15) is 73.8 Å². The van der Waals surface area contributed by atoms with E-state index in [1.54, 1.807) is 10.9 Å². The molecule has 48 heavy (non-hydrogen) atoms. The molecular weight excluding hydrogens is 614 g/mol. The molecule has 3 aromatic heterocycles. The molecule has 0 spiro atoms. The van der Waals surface area contributed by atoms with Gasteiger partial charge >= 0.3 is 0 Å². The number of imidazole rings is 1. The number of benzene rings is 2. The highest BCUT2D eigenvalue weighted by atomic mass is 16.6. The number of hydrogen-bond donors (Lipinski definition) is 4. The fourth-order valence-corrected chi connectivity index (χ4v) is 6.55. The first-order chi connectivity index (χ1) is 23.5. The van der Waals surface area contributed by atoms with Crippen LogP contribution in [0.25, 0.3) is 11.2 Å². The molecule has 14 heteroatoms. The molecule has 1 saturated carbocycles. The maximum absolute atomic E-state index is 11.5. The van der Waals surface area contributed by atoms with E-state index < -0.39 is 24.5 Å². The molecule has 2 aliphatic rings. The first-order valence-electron chi connectivity index (χ1n) is 16.4. The Kier molecular flexibility index (Phi) is 9.27. The number of carbonyl (C=O) groups is 1. The molecule has 250 valence electrons. The summed E-state index contributed by atoms with van der Waals surface area (Å²) >= 11 is 0. The van der Waals surface area contributed by atoms with E-state index in [-0.39, 0.29) is 30.4 Å². The summed E-state index contributed by atoms with van der Waals surface area (Å²) in [6.45, 7) is 2.68. The van der Waals surface area contributed by atoms with Crippen molar-refractivity contribution in [1.82, 2.24) is 29.7 Å². The first kappa shape index (κ1) is 31.7. The number of ether oxygens (including phenoxy) is 2. The lowest BCUT2D eigenvalue weighted by Crippen LogP contribution is -2.33. The maximum Gasteiger partial charge on any atom is 0.293 e. The van der Waals surface area contributed by atoms with Gasteiger partial charge in [0.2, 0.25) is 17.7 Å². The second-order valence-corrected chi connectivity index (χ2v) is 12.3. The third-order valence-corrected chi connectivity index (χ3v) is 9.13. The smallest absolute Gasteiger partial charge is 0.293 e. The average Bonchev–Trinajstić information content (AvgIpc) is 3.85. The molecule has 2 fully saturated rings. The van der Waals surface area contributed by atoms with Crippen molar-refractivity contribution >= 4 is 29.4 Å². The van der Waals surface area contributed by atoms with Gasteiger partial charge in [0.05, 0.1) is 6.33 Å². The van der Waals surface area contributed by atoms with Gasteiger partial charge in [-0.1, -0.05) is 67.6 Å². The van der Waals surface area contributed by atoms with Crippen molar-refractivity contribution in [2.75, 3.05) is 17.2 Å². The zero-order valence-corrected chi connectivity index (χ0v) is 26.6. The van der Waals surface area contributed by atoms with Crippen LogP contribution in [-0.4, -0.2) is 72.1 Å². The van der Waals surface area contributed by atoms with Crippen LogP contribution >= 0.6 is 0 Å². The number of rotatable bonds is 12. The number of aryl methyl sites for hydroxylation is 1. The van der Waals surface area contributed by atoms with Crippen molar-refractivity contribution in [3.05, 3.63) is 89.9 Å². The third-order valence-electron chi connectivity index (χ3n) is 9.13. The van der Waals surface area contributed by atoms with Crippen LogP contribution in [0.15, 0.2) is 71.4 Å². The van der Waals surface area contributed by atoms with Gasteiger partial charge in [0, 0.05) is 31.0 Å². The molecule has 0 radical (unpaired) electrons. The number of carbonyl (C=O) groups excluding carboxylic acids is 1. The Bertz CT molecular complexity index is 1770. The van der Waals surface area contributed by atoms with E-state index in [9.17, 15) is 9.90 Å². The molecule has 1 aliphatic carbocycles. The van der Waals surface area contributed by atoms with Crippen molar-refractivity contribution in [1.29, 1.82) is 0 Å². The minimum Gasteiger partial charge on any atom is -0.458 e. The molecule has 1 saturated heterocycles. The number of anilines is 2. The predicted molar refractivity (Wildman–Crippen MR) is 176 cm³/mol. The topological polar surface area (TPSA) is 188 Å². The fourth-order valence-electron chi connectivity index (χ4n) is 6.55. The lowest BCUT2D eigenvalue weighted by atomic mass is 9.91. The summed E-state index contributed by atoms with van der Waals surface area (Å²) < 4.78 is 18.9. The van der Waals surface area contributed by atoms with Gasteiger partial charge in [0.15, 0.2) is 35.4 Å². The summed E-state index contributed by atoms with van der Waals surface area (Å²) in [5.41, 5.74) is 9.40. The largest absolute Gasteiger partial charge is 0.458 e. The van der Waals surface area contributed by atoms with Gasteiger partial charge in [-0.15, -0.1) is 10.2 Å². The van der Waals surface area contributed by atoms with Crippen LogP contribution in [0.5, 0.6) is 0 Å². The lowest BCUT2D eigenvalue weighted by Gasteiger charge is -2.27. The summed E-state index contributed by atoms with van der Waals surface area (Å²) in [7, 11) is 0. The van der Waals surface area contributed by atoms with Crippen molar-refractivity contribution in [3.8, 4) is 0 Å². The minimum atomic E-state index is -1.29. The Morgan fingerprint density at radius 1 is 1.04 bits per heavy atom. The zero-order chi connectivity index (χ0) is 33.0. The number of aliphatic hydroxyl groups excluding tert-OH is 1. The van der Waals surface area contributed by atoms with Crippen LogP contribution < -0.4 is 16.4 Å². The molecule has 1 aliphatic heterocycles. The van der Waals surface area contributed by atoms with E-state index in [1.807, 2.05) is 43.3 Å². The summed E-state index contributed by atoms with van der Waals surface area (Å²) in [5, 5.41) is 26.6.